The third kappa shape index (κ3) is 4.07. The van der Waals surface area contributed by atoms with Crippen molar-refractivity contribution in [3.05, 3.63) is 47.2 Å². The highest BCUT2D eigenvalue weighted by molar-refractivity contribution is 7.98. The lowest BCUT2D eigenvalue weighted by molar-refractivity contribution is 0.185. The second-order valence-electron chi connectivity index (χ2n) is 5.50. The van der Waals surface area contributed by atoms with Crippen LogP contribution in [0.3, 0.4) is 0 Å². The van der Waals surface area contributed by atoms with E-state index in [1.54, 1.807) is 30.8 Å². The molecule has 0 atom stereocenters. The highest BCUT2D eigenvalue weighted by atomic mass is 32.2. The number of thioether (sulfide) groups is 1. The maximum Gasteiger partial charge on any atom is 0.258 e. The van der Waals surface area contributed by atoms with Crippen molar-refractivity contribution < 1.29 is 9.26 Å². The third-order valence-electron chi connectivity index (χ3n) is 3.74. The number of thiophene rings is 1. The van der Waals surface area contributed by atoms with Gasteiger partial charge in [0.15, 0.2) is 16.8 Å². The Hall–Kier alpha value is -2.56. The van der Waals surface area contributed by atoms with Crippen molar-refractivity contribution in [1.29, 1.82) is 0 Å². The van der Waals surface area contributed by atoms with Gasteiger partial charge in [0.1, 0.15) is 0 Å². The first-order valence-corrected chi connectivity index (χ1v) is 10.1. The van der Waals surface area contributed by atoms with Crippen molar-refractivity contribution in [1.82, 2.24) is 29.9 Å². The van der Waals surface area contributed by atoms with Crippen molar-refractivity contribution in [2.45, 2.75) is 17.5 Å². The Bertz CT molecular complexity index is 984. The smallest absolute Gasteiger partial charge is 0.258 e. The molecule has 138 valence electrons. The maximum absolute atomic E-state index is 5.33. The lowest BCUT2D eigenvalue weighted by Gasteiger charge is -2.08. The zero-order valence-electron chi connectivity index (χ0n) is 14.5. The fourth-order valence-electron chi connectivity index (χ4n) is 2.44. The van der Waals surface area contributed by atoms with Gasteiger partial charge in [0.05, 0.1) is 24.5 Å². The van der Waals surface area contributed by atoms with E-state index in [1.807, 2.05) is 33.5 Å². The molecule has 0 bridgehead atoms. The Kier molecular flexibility index (Phi) is 5.56. The van der Waals surface area contributed by atoms with Crippen LogP contribution in [0.5, 0.6) is 0 Å². The quantitative estimate of drug-likeness (QED) is 0.416. The van der Waals surface area contributed by atoms with Gasteiger partial charge in [-0.2, -0.15) is 16.3 Å². The van der Waals surface area contributed by atoms with Gasteiger partial charge in [-0.05, 0) is 23.6 Å². The highest BCUT2D eigenvalue weighted by Gasteiger charge is 2.16. The Labute approximate surface area is 163 Å². The zero-order valence-corrected chi connectivity index (χ0v) is 16.1. The molecule has 0 aromatic carbocycles. The molecule has 4 aromatic rings. The number of methoxy groups -OCH3 is 1. The van der Waals surface area contributed by atoms with E-state index in [2.05, 4.69) is 25.3 Å². The molecule has 0 spiro atoms. The summed E-state index contributed by atoms with van der Waals surface area (Å²) in [5.41, 5.74) is 1.90. The molecule has 0 N–H and O–H groups in total. The fraction of sp³-hybridized carbons (Fsp3) is 0.235. The van der Waals surface area contributed by atoms with Gasteiger partial charge >= 0.3 is 0 Å². The van der Waals surface area contributed by atoms with Gasteiger partial charge in [0, 0.05) is 30.4 Å². The van der Waals surface area contributed by atoms with E-state index >= 15 is 0 Å². The maximum atomic E-state index is 5.33. The lowest BCUT2D eigenvalue weighted by Crippen LogP contribution is -2.07. The molecule has 10 heteroatoms. The number of nitrogens with zero attached hydrogens (tertiary/aromatic N) is 6. The largest absolute Gasteiger partial charge is 0.383 e. The Balaban J connectivity index is 1.52. The summed E-state index contributed by atoms with van der Waals surface area (Å²) < 4.78 is 12.6. The molecule has 0 saturated heterocycles. The van der Waals surface area contributed by atoms with E-state index in [0.717, 1.165) is 22.1 Å². The predicted octanol–water partition coefficient (Wildman–Crippen LogP) is 3.39. The molecule has 27 heavy (non-hydrogen) atoms. The monoisotopic (exact) mass is 400 g/mol. The van der Waals surface area contributed by atoms with E-state index in [1.165, 1.54) is 11.8 Å². The molecule has 0 aliphatic heterocycles. The first kappa shape index (κ1) is 17.8. The molecule has 0 fully saturated rings. The number of hydrogen-bond acceptors (Lipinski definition) is 9. The summed E-state index contributed by atoms with van der Waals surface area (Å²) in [6.45, 7) is 1.21. The Morgan fingerprint density at radius 2 is 2.07 bits per heavy atom. The number of rotatable bonds is 8. The number of hydrogen-bond donors (Lipinski definition) is 0. The number of ether oxygens (including phenoxy) is 1. The van der Waals surface area contributed by atoms with E-state index in [0.29, 0.717) is 30.6 Å². The molecule has 0 aliphatic rings. The van der Waals surface area contributed by atoms with Gasteiger partial charge < -0.3 is 9.26 Å². The molecule has 0 amide bonds. The highest BCUT2D eigenvalue weighted by Crippen LogP contribution is 2.27. The minimum absolute atomic E-state index is 0.533. The van der Waals surface area contributed by atoms with Crippen molar-refractivity contribution in [3.63, 3.8) is 0 Å². The molecule has 4 heterocycles. The van der Waals surface area contributed by atoms with E-state index in [-0.39, 0.29) is 0 Å². The molecule has 0 saturated carbocycles. The first-order valence-electron chi connectivity index (χ1n) is 8.15. The van der Waals surface area contributed by atoms with Gasteiger partial charge in [0.25, 0.3) is 5.89 Å². The van der Waals surface area contributed by atoms with E-state index in [9.17, 15) is 0 Å². The average Bonchev–Trinajstić information content (AvgIpc) is 3.45. The van der Waals surface area contributed by atoms with Crippen LogP contribution >= 0.6 is 23.1 Å². The third-order valence-corrected chi connectivity index (χ3v) is 5.39. The first-order chi connectivity index (χ1) is 13.3. The van der Waals surface area contributed by atoms with Crippen LogP contribution in [0.25, 0.3) is 22.8 Å². The van der Waals surface area contributed by atoms with Crippen LogP contribution < -0.4 is 0 Å². The molecular weight excluding hydrogens is 384 g/mol. The van der Waals surface area contributed by atoms with Crippen LogP contribution in [0.15, 0.2) is 51.0 Å². The summed E-state index contributed by atoms with van der Waals surface area (Å²) in [7, 11) is 1.68. The lowest BCUT2D eigenvalue weighted by atomic mass is 10.2. The van der Waals surface area contributed by atoms with Gasteiger partial charge in [-0.15, -0.1) is 10.2 Å². The van der Waals surface area contributed by atoms with Crippen LogP contribution in [0, 0.1) is 0 Å². The van der Waals surface area contributed by atoms with Crippen LogP contribution in [0.4, 0.5) is 0 Å². The fourth-order valence-corrected chi connectivity index (χ4v) is 3.88. The summed E-state index contributed by atoms with van der Waals surface area (Å²) in [5.74, 6) is 2.47. The molecular formula is C17H16N6O2S2. The van der Waals surface area contributed by atoms with Gasteiger partial charge in [-0.1, -0.05) is 16.9 Å². The topological polar surface area (TPSA) is 91.8 Å². The molecule has 0 unspecified atom stereocenters. The molecule has 4 aromatic heterocycles. The Morgan fingerprint density at radius 3 is 2.85 bits per heavy atom. The number of pyridine rings is 1. The molecule has 8 nitrogen and oxygen atoms in total. The zero-order chi connectivity index (χ0) is 18.5. The van der Waals surface area contributed by atoms with Crippen LogP contribution in [-0.2, 0) is 17.0 Å². The van der Waals surface area contributed by atoms with Crippen molar-refractivity contribution in [3.8, 4) is 22.8 Å². The van der Waals surface area contributed by atoms with Crippen molar-refractivity contribution in [2.24, 2.45) is 0 Å². The molecule has 0 aliphatic carbocycles. The minimum atomic E-state index is 0.533. The summed E-state index contributed by atoms with van der Waals surface area (Å²) in [4.78, 5) is 8.50. The number of aromatic nitrogens is 6. The Morgan fingerprint density at radius 1 is 1.19 bits per heavy atom. The van der Waals surface area contributed by atoms with Crippen LogP contribution in [0.2, 0.25) is 0 Å². The standard InChI is InChI=1S/C17H16N6O2S2/c1-24-8-7-23-15(12-2-5-18-6-3-12)20-21-17(23)27-11-14-19-16(25-22-14)13-4-9-26-10-13/h2-6,9-10H,7-8,11H2,1H3. The predicted molar refractivity (Wildman–Crippen MR) is 102 cm³/mol. The molecule has 0 radical (unpaired) electrons. The van der Waals surface area contributed by atoms with Crippen molar-refractivity contribution in [2.75, 3.05) is 13.7 Å². The van der Waals surface area contributed by atoms with Gasteiger partial charge in [-0.25, -0.2) is 0 Å². The summed E-state index contributed by atoms with van der Waals surface area (Å²) in [5, 5.41) is 17.5. The second-order valence-corrected chi connectivity index (χ2v) is 7.23. The minimum Gasteiger partial charge on any atom is -0.383 e. The normalized spacial score (nSPS) is 11.1. The van der Waals surface area contributed by atoms with Crippen molar-refractivity contribution >= 4 is 23.1 Å². The summed E-state index contributed by atoms with van der Waals surface area (Å²) in [6.07, 6.45) is 3.48. The van der Waals surface area contributed by atoms with E-state index in [4.69, 9.17) is 9.26 Å². The molecule has 4 rings (SSSR count). The van der Waals surface area contributed by atoms with E-state index < -0.39 is 0 Å². The van der Waals surface area contributed by atoms with Crippen LogP contribution in [0.1, 0.15) is 5.82 Å². The van der Waals surface area contributed by atoms with Gasteiger partial charge in [-0.3, -0.25) is 9.55 Å². The average molecular weight is 400 g/mol. The summed E-state index contributed by atoms with van der Waals surface area (Å²) >= 11 is 3.11. The SMILES string of the molecule is COCCn1c(SCc2noc(-c3ccsc3)n2)nnc1-c1ccncc1. The van der Waals surface area contributed by atoms with Gasteiger partial charge in [0.2, 0.25) is 0 Å². The van der Waals surface area contributed by atoms with Crippen LogP contribution in [-0.4, -0.2) is 43.6 Å². The second kappa shape index (κ2) is 8.42. The summed E-state index contributed by atoms with van der Waals surface area (Å²) in [6, 6.07) is 5.78.